The molecule has 7 heteroatoms. The van der Waals surface area contributed by atoms with Gasteiger partial charge in [-0.3, -0.25) is 0 Å². The number of unbranched alkanes of at least 4 members (excludes halogenated alkanes) is 2. The van der Waals surface area contributed by atoms with Gasteiger partial charge in [0.05, 0.1) is 5.56 Å². The summed E-state index contributed by atoms with van der Waals surface area (Å²) in [5, 5.41) is 0. The van der Waals surface area contributed by atoms with Gasteiger partial charge in [0.25, 0.3) is 0 Å². The molecule has 1 atom stereocenters. The Bertz CT molecular complexity index is 1170. The van der Waals surface area contributed by atoms with Crippen molar-refractivity contribution >= 4 is 0 Å². The largest absolute Gasteiger partial charge is 0.573 e. The fourth-order valence-electron chi connectivity index (χ4n) is 4.79. The first kappa shape index (κ1) is 25.1. The van der Waals surface area contributed by atoms with Crippen LogP contribution in [-0.2, 0) is 19.3 Å². The van der Waals surface area contributed by atoms with Crippen molar-refractivity contribution < 1.29 is 31.1 Å². The molecule has 1 unspecified atom stereocenters. The van der Waals surface area contributed by atoms with Crippen molar-refractivity contribution in [1.82, 2.24) is 0 Å². The number of rotatable bonds is 7. The normalized spacial score (nSPS) is 15.7. The lowest BCUT2D eigenvalue weighted by Crippen LogP contribution is -2.18. The van der Waals surface area contributed by atoms with Crippen LogP contribution >= 0.6 is 0 Å². The van der Waals surface area contributed by atoms with Gasteiger partial charge >= 0.3 is 6.36 Å². The van der Waals surface area contributed by atoms with Crippen LogP contribution in [0.4, 0.5) is 26.3 Å². The van der Waals surface area contributed by atoms with E-state index in [1.165, 1.54) is 12.0 Å². The minimum Gasteiger partial charge on any atom is -0.406 e. The summed E-state index contributed by atoms with van der Waals surface area (Å²) in [6.07, 6.45) is 0.564. The molecule has 0 aliphatic heterocycles. The maximum Gasteiger partial charge on any atom is 0.573 e. The molecule has 3 aromatic carbocycles. The highest BCUT2D eigenvalue weighted by atomic mass is 19.4. The third-order valence-corrected chi connectivity index (χ3v) is 6.62. The molecule has 35 heavy (non-hydrogen) atoms. The summed E-state index contributed by atoms with van der Waals surface area (Å²) >= 11 is 0. The lowest BCUT2D eigenvalue weighted by Gasteiger charge is -2.27. The molecule has 0 radical (unpaired) electrons. The molecule has 3 aromatic rings. The van der Waals surface area contributed by atoms with E-state index in [-0.39, 0.29) is 35.4 Å². The summed E-state index contributed by atoms with van der Waals surface area (Å²) in [5.41, 5.74) is 1.77. The highest BCUT2D eigenvalue weighted by molar-refractivity contribution is 5.68. The quantitative estimate of drug-likeness (QED) is 0.182. The van der Waals surface area contributed by atoms with Crippen molar-refractivity contribution in [1.29, 1.82) is 0 Å². The zero-order valence-electron chi connectivity index (χ0n) is 19.3. The predicted molar refractivity (Wildman–Crippen MR) is 123 cm³/mol. The van der Waals surface area contributed by atoms with Gasteiger partial charge in [-0.25, -0.2) is 13.2 Å². The highest BCUT2D eigenvalue weighted by Crippen LogP contribution is 2.40. The molecule has 0 saturated carbocycles. The van der Waals surface area contributed by atoms with Gasteiger partial charge in [0, 0.05) is 0 Å². The van der Waals surface area contributed by atoms with Crippen LogP contribution in [0.5, 0.6) is 5.75 Å². The van der Waals surface area contributed by atoms with Crippen molar-refractivity contribution in [3.05, 3.63) is 88.2 Å². The number of halogens is 6. The third-order valence-electron chi connectivity index (χ3n) is 6.62. The van der Waals surface area contributed by atoms with Crippen molar-refractivity contribution in [3.63, 3.8) is 0 Å². The topological polar surface area (TPSA) is 9.23 Å². The molecule has 1 aliphatic rings. The second-order valence-electron chi connectivity index (χ2n) is 8.98. The first-order valence-corrected chi connectivity index (χ1v) is 11.8. The molecule has 0 N–H and O–H groups in total. The first-order chi connectivity index (χ1) is 16.7. The molecule has 0 fully saturated rings. The number of benzene rings is 3. The number of fused-ring (bicyclic) bond motifs is 1. The van der Waals surface area contributed by atoms with Crippen molar-refractivity contribution in [2.24, 2.45) is 0 Å². The first-order valence-electron chi connectivity index (χ1n) is 11.8. The van der Waals surface area contributed by atoms with Crippen LogP contribution < -0.4 is 4.74 Å². The van der Waals surface area contributed by atoms with Crippen LogP contribution in [0.1, 0.15) is 60.8 Å². The smallest absolute Gasteiger partial charge is 0.406 e. The van der Waals surface area contributed by atoms with Gasteiger partial charge in [-0.15, -0.1) is 13.2 Å². The monoisotopic (exact) mass is 492 g/mol. The average molecular weight is 493 g/mol. The third kappa shape index (κ3) is 5.65. The van der Waals surface area contributed by atoms with Crippen LogP contribution in [0.2, 0.25) is 0 Å². The molecule has 0 amide bonds. The van der Waals surface area contributed by atoms with Gasteiger partial charge in [-0.05, 0) is 78.0 Å². The molecule has 0 spiro atoms. The number of alkyl halides is 3. The van der Waals surface area contributed by atoms with Crippen molar-refractivity contribution in [2.75, 3.05) is 0 Å². The van der Waals surface area contributed by atoms with Gasteiger partial charge in [-0.2, -0.15) is 0 Å². The van der Waals surface area contributed by atoms with E-state index in [0.29, 0.717) is 6.42 Å². The summed E-state index contributed by atoms with van der Waals surface area (Å²) in [7, 11) is 0. The van der Waals surface area contributed by atoms with Gasteiger partial charge in [-0.1, -0.05) is 56.2 Å². The zero-order valence-corrected chi connectivity index (χ0v) is 19.3. The van der Waals surface area contributed by atoms with E-state index in [9.17, 15) is 13.2 Å². The highest BCUT2D eigenvalue weighted by Gasteiger charge is 2.32. The van der Waals surface area contributed by atoms with Crippen molar-refractivity contribution in [2.45, 2.75) is 64.1 Å². The van der Waals surface area contributed by atoms with E-state index in [1.807, 2.05) is 12.1 Å². The van der Waals surface area contributed by atoms with Gasteiger partial charge < -0.3 is 4.74 Å². The van der Waals surface area contributed by atoms with Gasteiger partial charge in [0.1, 0.15) is 11.6 Å². The van der Waals surface area contributed by atoms with E-state index >= 15 is 13.2 Å². The van der Waals surface area contributed by atoms with E-state index < -0.39 is 35.1 Å². The predicted octanol–water partition coefficient (Wildman–Crippen LogP) is 8.67. The molecule has 0 aromatic heterocycles. The Morgan fingerprint density at radius 3 is 2.14 bits per heavy atom. The standard InChI is InChI=1S/C28H26F6O/c1-2-3-4-5-17-6-8-18(9-7-17)20-12-15-22-23(16-20)26(30)27(31)24(25(22)29)19-10-13-21(14-11-19)35-28(32,33)34/h6-11,13-14,20H,2-5,12,15-16H2,1H3. The van der Waals surface area contributed by atoms with Gasteiger partial charge in [0.2, 0.25) is 0 Å². The number of ether oxygens (including phenoxy) is 1. The lowest BCUT2D eigenvalue weighted by atomic mass is 9.78. The Balaban J connectivity index is 1.57. The number of hydrogen-bond acceptors (Lipinski definition) is 1. The number of hydrogen-bond donors (Lipinski definition) is 0. The van der Waals surface area contributed by atoms with Crippen LogP contribution in [0.25, 0.3) is 11.1 Å². The molecule has 0 saturated heterocycles. The van der Waals surface area contributed by atoms with Crippen LogP contribution in [0.3, 0.4) is 0 Å². The molecule has 0 bridgehead atoms. The Kier molecular flexibility index (Phi) is 7.43. The molecular formula is C28H26F6O. The zero-order chi connectivity index (χ0) is 25.2. The molecule has 4 rings (SSSR count). The summed E-state index contributed by atoms with van der Waals surface area (Å²) in [6.45, 7) is 2.15. The summed E-state index contributed by atoms with van der Waals surface area (Å²) in [6, 6.07) is 12.2. The fourth-order valence-corrected chi connectivity index (χ4v) is 4.79. The molecular weight excluding hydrogens is 466 g/mol. The van der Waals surface area contributed by atoms with E-state index in [2.05, 4.69) is 23.8 Å². The molecule has 1 nitrogen and oxygen atoms in total. The van der Waals surface area contributed by atoms with Crippen LogP contribution in [0, 0.1) is 17.5 Å². The van der Waals surface area contributed by atoms with E-state index in [1.54, 1.807) is 0 Å². The Labute approximate surface area is 200 Å². The minimum atomic E-state index is -4.89. The summed E-state index contributed by atoms with van der Waals surface area (Å²) < 4.78 is 86.4. The molecule has 1 aliphatic carbocycles. The molecule has 0 heterocycles. The van der Waals surface area contributed by atoms with Crippen LogP contribution in [0.15, 0.2) is 48.5 Å². The second kappa shape index (κ2) is 10.3. The number of aryl methyl sites for hydroxylation is 1. The average Bonchev–Trinajstić information content (AvgIpc) is 2.83. The fraction of sp³-hybridized carbons (Fsp3) is 0.357. The Hall–Kier alpha value is -2.96. The second-order valence-corrected chi connectivity index (χ2v) is 8.98. The SMILES string of the molecule is CCCCCc1ccc(C2CCc3c(F)c(-c4ccc(OC(F)(F)F)cc4)c(F)c(F)c3C2)cc1. The minimum absolute atomic E-state index is 0.0315. The Morgan fingerprint density at radius 2 is 1.51 bits per heavy atom. The summed E-state index contributed by atoms with van der Waals surface area (Å²) in [5.74, 6) is -3.89. The molecule has 186 valence electrons. The Morgan fingerprint density at radius 1 is 0.829 bits per heavy atom. The van der Waals surface area contributed by atoms with E-state index in [4.69, 9.17) is 0 Å². The lowest BCUT2D eigenvalue weighted by molar-refractivity contribution is -0.274. The van der Waals surface area contributed by atoms with Crippen LogP contribution in [-0.4, -0.2) is 6.36 Å². The van der Waals surface area contributed by atoms with Gasteiger partial charge in [0.15, 0.2) is 11.6 Å². The van der Waals surface area contributed by atoms with Crippen molar-refractivity contribution in [3.8, 4) is 16.9 Å². The maximum absolute atomic E-state index is 15.4. The van der Waals surface area contributed by atoms with E-state index in [0.717, 1.165) is 49.1 Å². The summed E-state index contributed by atoms with van der Waals surface area (Å²) in [4.78, 5) is 0. The maximum atomic E-state index is 15.4.